The molecule has 4 aromatic rings. The zero-order chi connectivity index (χ0) is 30.7. The molecule has 0 unspecified atom stereocenters. The van der Waals surface area contributed by atoms with Crippen LogP contribution in [0.25, 0.3) is 0 Å². The zero-order valence-corrected chi connectivity index (χ0v) is 25.0. The van der Waals surface area contributed by atoms with Crippen LogP contribution >= 0.6 is 0 Å². The SMILES string of the molecule is COc1ccc(CO[C@@H]2[C@@H](OCc3ccccc3)[C@H](OCc3ccccc3)[C@H](O)[C@H](O)[C@H]2OCc2ccc(OC)cc2)cc1. The predicted octanol–water partition coefficient (Wildman–Crippen LogP) is 5.08. The molecule has 1 fully saturated rings. The first-order valence-electron chi connectivity index (χ1n) is 14.7. The second kappa shape index (κ2) is 15.8. The Morgan fingerprint density at radius 2 is 0.705 bits per heavy atom. The molecular formula is C36H40O8. The van der Waals surface area contributed by atoms with E-state index in [2.05, 4.69) is 0 Å². The van der Waals surface area contributed by atoms with Gasteiger partial charge in [-0.05, 0) is 46.5 Å². The highest BCUT2D eigenvalue weighted by molar-refractivity contribution is 5.27. The number of hydrogen-bond donors (Lipinski definition) is 2. The zero-order valence-electron chi connectivity index (χ0n) is 25.0. The fourth-order valence-electron chi connectivity index (χ4n) is 5.28. The summed E-state index contributed by atoms with van der Waals surface area (Å²) in [4.78, 5) is 0. The van der Waals surface area contributed by atoms with Gasteiger partial charge in [-0.15, -0.1) is 0 Å². The van der Waals surface area contributed by atoms with Crippen LogP contribution in [0.15, 0.2) is 109 Å². The normalized spacial score (nSPS) is 23.3. The van der Waals surface area contributed by atoms with E-state index >= 15 is 0 Å². The van der Waals surface area contributed by atoms with E-state index in [4.69, 9.17) is 28.4 Å². The van der Waals surface area contributed by atoms with Crippen molar-refractivity contribution >= 4 is 0 Å². The quantitative estimate of drug-likeness (QED) is 0.207. The van der Waals surface area contributed by atoms with Crippen LogP contribution in [0.3, 0.4) is 0 Å². The summed E-state index contributed by atoms with van der Waals surface area (Å²) in [6, 6.07) is 34.5. The van der Waals surface area contributed by atoms with Crippen molar-refractivity contribution in [1.29, 1.82) is 0 Å². The van der Waals surface area contributed by atoms with Crippen molar-refractivity contribution in [1.82, 2.24) is 0 Å². The number of methoxy groups -OCH3 is 2. The molecule has 0 amide bonds. The van der Waals surface area contributed by atoms with E-state index in [9.17, 15) is 10.2 Å². The molecular weight excluding hydrogens is 560 g/mol. The molecule has 44 heavy (non-hydrogen) atoms. The van der Waals surface area contributed by atoms with Crippen LogP contribution in [-0.4, -0.2) is 61.1 Å². The molecule has 5 rings (SSSR count). The third kappa shape index (κ3) is 8.24. The minimum absolute atomic E-state index is 0.182. The molecule has 4 aromatic carbocycles. The molecule has 1 aliphatic rings. The summed E-state index contributed by atoms with van der Waals surface area (Å²) < 4.78 is 36.2. The van der Waals surface area contributed by atoms with E-state index in [1.165, 1.54) is 0 Å². The number of aliphatic hydroxyl groups is 2. The molecule has 1 saturated carbocycles. The van der Waals surface area contributed by atoms with Crippen LogP contribution < -0.4 is 9.47 Å². The van der Waals surface area contributed by atoms with E-state index < -0.39 is 36.6 Å². The first-order chi connectivity index (χ1) is 21.6. The van der Waals surface area contributed by atoms with Crippen molar-refractivity contribution in [3.05, 3.63) is 131 Å². The monoisotopic (exact) mass is 600 g/mol. The van der Waals surface area contributed by atoms with Crippen LogP contribution in [0.4, 0.5) is 0 Å². The lowest BCUT2D eigenvalue weighted by Gasteiger charge is -2.47. The van der Waals surface area contributed by atoms with Crippen molar-refractivity contribution in [2.75, 3.05) is 14.2 Å². The van der Waals surface area contributed by atoms with Gasteiger partial charge in [0.2, 0.25) is 0 Å². The maximum atomic E-state index is 11.5. The Labute approximate surface area is 258 Å². The van der Waals surface area contributed by atoms with Crippen molar-refractivity contribution in [3.63, 3.8) is 0 Å². The summed E-state index contributed by atoms with van der Waals surface area (Å²) in [6.07, 6.45) is -5.94. The van der Waals surface area contributed by atoms with Crippen LogP contribution in [0.1, 0.15) is 22.3 Å². The van der Waals surface area contributed by atoms with Gasteiger partial charge < -0.3 is 38.6 Å². The highest BCUT2D eigenvalue weighted by atomic mass is 16.6. The van der Waals surface area contributed by atoms with Gasteiger partial charge in [-0.3, -0.25) is 0 Å². The second-order valence-corrected chi connectivity index (χ2v) is 10.8. The predicted molar refractivity (Wildman–Crippen MR) is 165 cm³/mol. The van der Waals surface area contributed by atoms with Gasteiger partial charge in [0.1, 0.15) is 48.1 Å². The minimum Gasteiger partial charge on any atom is -0.497 e. The average molecular weight is 601 g/mol. The number of rotatable bonds is 14. The van der Waals surface area contributed by atoms with E-state index in [0.29, 0.717) is 0 Å². The molecule has 0 spiro atoms. The number of ether oxygens (including phenoxy) is 6. The smallest absolute Gasteiger partial charge is 0.118 e. The van der Waals surface area contributed by atoms with Crippen molar-refractivity contribution in [3.8, 4) is 11.5 Å². The molecule has 0 aliphatic heterocycles. The summed E-state index contributed by atoms with van der Waals surface area (Å²) in [5.74, 6) is 1.47. The molecule has 1 aliphatic carbocycles. The second-order valence-electron chi connectivity index (χ2n) is 10.8. The minimum atomic E-state index is -1.30. The molecule has 6 atom stereocenters. The van der Waals surface area contributed by atoms with Gasteiger partial charge in [-0.25, -0.2) is 0 Å². The first-order valence-corrected chi connectivity index (χ1v) is 14.7. The van der Waals surface area contributed by atoms with Gasteiger partial charge >= 0.3 is 0 Å². The molecule has 0 bridgehead atoms. The van der Waals surface area contributed by atoms with Gasteiger partial charge in [-0.2, -0.15) is 0 Å². The number of hydrogen-bond acceptors (Lipinski definition) is 8. The highest BCUT2D eigenvalue weighted by Crippen LogP contribution is 2.33. The average Bonchev–Trinajstić information content (AvgIpc) is 3.08. The lowest BCUT2D eigenvalue weighted by Crippen LogP contribution is -2.66. The summed E-state index contributed by atoms with van der Waals surface area (Å²) in [6.45, 7) is 0.883. The van der Waals surface area contributed by atoms with Crippen LogP contribution in [0, 0.1) is 0 Å². The maximum Gasteiger partial charge on any atom is 0.118 e. The van der Waals surface area contributed by atoms with Crippen LogP contribution in [-0.2, 0) is 45.4 Å². The van der Waals surface area contributed by atoms with Gasteiger partial charge in [0.25, 0.3) is 0 Å². The molecule has 8 heteroatoms. The molecule has 0 heterocycles. The molecule has 2 N–H and O–H groups in total. The van der Waals surface area contributed by atoms with E-state index in [0.717, 1.165) is 33.8 Å². The van der Waals surface area contributed by atoms with Gasteiger partial charge in [0, 0.05) is 0 Å². The lowest BCUT2D eigenvalue weighted by molar-refractivity contribution is -0.273. The Bertz CT molecular complexity index is 1380. The highest BCUT2D eigenvalue weighted by Gasteiger charge is 2.52. The summed E-state index contributed by atoms with van der Waals surface area (Å²) in [5.41, 5.74) is 3.68. The maximum absolute atomic E-state index is 11.5. The summed E-state index contributed by atoms with van der Waals surface area (Å²) in [5, 5.41) is 22.9. The lowest BCUT2D eigenvalue weighted by atomic mass is 9.84. The summed E-state index contributed by atoms with van der Waals surface area (Å²) in [7, 11) is 3.23. The first kappa shape index (κ1) is 31.7. The van der Waals surface area contributed by atoms with E-state index in [1.54, 1.807) is 14.2 Å². The van der Waals surface area contributed by atoms with E-state index in [1.807, 2.05) is 109 Å². The third-order valence-electron chi connectivity index (χ3n) is 7.77. The van der Waals surface area contributed by atoms with Crippen molar-refractivity contribution in [2.45, 2.75) is 63.1 Å². The molecule has 0 saturated heterocycles. The Morgan fingerprint density at radius 3 is 1.02 bits per heavy atom. The van der Waals surface area contributed by atoms with Crippen molar-refractivity contribution < 1.29 is 38.6 Å². The van der Waals surface area contributed by atoms with Gasteiger partial charge in [0.15, 0.2) is 0 Å². The molecule has 8 nitrogen and oxygen atoms in total. The Kier molecular flexibility index (Phi) is 11.4. The van der Waals surface area contributed by atoms with Crippen LogP contribution in [0.2, 0.25) is 0 Å². The Hall–Kier alpha value is -3.76. The largest absolute Gasteiger partial charge is 0.497 e. The van der Waals surface area contributed by atoms with Gasteiger partial charge in [-0.1, -0.05) is 84.9 Å². The fraction of sp³-hybridized carbons (Fsp3) is 0.333. The molecule has 232 valence electrons. The van der Waals surface area contributed by atoms with E-state index in [-0.39, 0.29) is 26.4 Å². The van der Waals surface area contributed by atoms with Gasteiger partial charge in [0.05, 0.1) is 40.6 Å². The standard InChI is InChI=1S/C36H40O8/c1-39-29-17-13-27(14-18-29)23-42-34-32(38)31(37)33(41-21-25-9-5-3-6-10-25)35(43-22-26-11-7-4-8-12-26)36(34)44-24-28-15-19-30(40-2)20-16-28/h3-20,31-38H,21-24H2,1-2H3/t31-,32+,33-,34-,35+,36+/m1/s1. The number of aliphatic hydroxyl groups excluding tert-OH is 2. The van der Waals surface area contributed by atoms with Crippen molar-refractivity contribution in [2.24, 2.45) is 0 Å². The Morgan fingerprint density at radius 1 is 0.409 bits per heavy atom. The Balaban J connectivity index is 1.42. The molecule has 0 radical (unpaired) electrons. The molecule has 0 aromatic heterocycles. The number of benzene rings is 4. The van der Waals surface area contributed by atoms with Crippen LogP contribution in [0.5, 0.6) is 11.5 Å². The third-order valence-corrected chi connectivity index (χ3v) is 7.77. The fourth-order valence-corrected chi connectivity index (χ4v) is 5.28. The topological polar surface area (TPSA) is 95.8 Å². The summed E-state index contributed by atoms with van der Waals surface area (Å²) >= 11 is 0.